The van der Waals surface area contributed by atoms with Crippen molar-refractivity contribution in [3.05, 3.63) is 89.7 Å². The fourth-order valence-electron chi connectivity index (χ4n) is 5.29. The summed E-state index contributed by atoms with van der Waals surface area (Å²) < 4.78 is 40.9. The summed E-state index contributed by atoms with van der Waals surface area (Å²) in [5.41, 5.74) is 7.82. The van der Waals surface area contributed by atoms with Crippen LogP contribution in [-0.4, -0.2) is 48.6 Å². The van der Waals surface area contributed by atoms with Crippen LogP contribution in [0.25, 0.3) is 0 Å². The van der Waals surface area contributed by atoms with Crippen LogP contribution in [0.2, 0.25) is 0 Å². The molecular formula is C27H27F3N4O2. The summed E-state index contributed by atoms with van der Waals surface area (Å²) in [5, 5.41) is 12.9. The van der Waals surface area contributed by atoms with Gasteiger partial charge in [-0.15, -0.1) is 0 Å². The van der Waals surface area contributed by atoms with Crippen LogP contribution in [0.1, 0.15) is 11.6 Å². The van der Waals surface area contributed by atoms with E-state index in [-0.39, 0.29) is 28.8 Å². The summed E-state index contributed by atoms with van der Waals surface area (Å²) in [4.78, 5) is 17.0. The van der Waals surface area contributed by atoms with Crippen LogP contribution in [0.5, 0.6) is 5.75 Å². The fourth-order valence-corrected chi connectivity index (χ4v) is 5.29. The molecule has 188 valence electrons. The molecule has 2 atom stereocenters. The van der Waals surface area contributed by atoms with Gasteiger partial charge in [-0.2, -0.15) is 0 Å². The highest BCUT2D eigenvalue weighted by Crippen LogP contribution is 2.46. The smallest absolute Gasteiger partial charge is 0.244 e. The van der Waals surface area contributed by atoms with Crippen LogP contribution < -0.4 is 16.0 Å². The standard InChI is InChI=1S/C27H27F3N4O2/c28-19-3-5-22(6-4-19)32-12-18-13-33(26(36)25(31)17-1-7-24(35)8-2-17)14-27(18)15-34(16-27)23-10-20(29)9-21(30)11-23/h1-11,18,25,32,35H,12-16,31H2/t18?,25-/m0/s1. The van der Waals surface area contributed by atoms with E-state index in [9.17, 15) is 23.1 Å². The number of hydrogen-bond acceptors (Lipinski definition) is 5. The van der Waals surface area contributed by atoms with Gasteiger partial charge in [0.25, 0.3) is 0 Å². The third-order valence-electron chi connectivity index (χ3n) is 7.26. The lowest BCUT2D eigenvalue weighted by atomic mass is 9.71. The highest BCUT2D eigenvalue weighted by atomic mass is 19.1. The molecule has 0 aliphatic carbocycles. The maximum Gasteiger partial charge on any atom is 0.244 e. The van der Waals surface area contributed by atoms with Gasteiger partial charge in [0.15, 0.2) is 0 Å². The molecule has 4 N–H and O–H groups in total. The van der Waals surface area contributed by atoms with Gasteiger partial charge in [-0.25, -0.2) is 13.2 Å². The SMILES string of the molecule is N[C@H](C(=O)N1CC(CNc2ccc(F)cc2)C2(C1)CN(c1cc(F)cc(F)c1)C2)c1ccc(O)cc1. The third kappa shape index (κ3) is 4.70. The Morgan fingerprint density at radius 2 is 1.61 bits per heavy atom. The predicted molar refractivity (Wildman–Crippen MR) is 131 cm³/mol. The molecule has 2 fully saturated rings. The molecule has 1 amide bonds. The van der Waals surface area contributed by atoms with Crippen molar-refractivity contribution < 1.29 is 23.1 Å². The molecule has 2 aliphatic heterocycles. The molecular weight excluding hydrogens is 469 g/mol. The van der Waals surface area contributed by atoms with E-state index in [2.05, 4.69) is 5.32 Å². The van der Waals surface area contributed by atoms with E-state index in [1.165, 1.54) is 36.4 Å². The first-order valence-electron chi connectivity index (χ1n) is 11.8. The Bertz CT molecular complexity index is 1230. The normalized spacial score (nSPS) is 19.3. The summed E-state index contributed by atoms with van der Waals surface area (Å²) in [7, 11) is 0. The average molecular weight is 497 g/mol. The van der Waals surface area contributed by atoms with Crippen molar-refractivity contribution in [2.75, 3.05) is 42.9 Å². The van der Waals surface area contributed by atoms with E-state index in [1.54, 1.807) is 29.2 Å². The molecule has 2 saturated heterocycles. The Kier molecular flexibility index (Phi) is 6.26. The minimum atomic E-state index is -0.875. The van der Waals surface area contributed by atoms with Gasteiger partial charge in [-0.05, 0) is 54.1 Å². The van der Waals surface area contributed by atoms with Crippen molar-refractivity contribution in [2.45, 2.75) is 6.04 Å². The molecule has 0 aromatic heterocycles. The third-order valence-corrected chi connectivity index (χ3v) is 7.26. The number of nitrogens with one attached hydrogen (secondary N) is 1. The first kappa shape index (κ1) is 24.0. The van der Waals surface area contributed by atoms with E-state index >= 15 is 0 Å². The quantitative estimate of drug-likeness (QED) is 0.483. The number of nitrogens with zero attached hydrogens (tertiary/aromatic N) is 2. The van der Waals surface area contributed by atoms with Gasteiger partial charge < -0.3 is 26.0 Å². The molecule has 0 saturated carbocycles. The molecule has 1 spiro atoms. The minimum Gasteiger partial charge on any atom is -0.508 e. The lowest BCUT2D eigenvalue weighted by Gasteiger charge is -2.52. The zero-order valence-electron chi connectivity index (χ0n) is 19.5. The van der Waals surface area contributed by atoms with Gasteiger partial charge in [-0.1, -0.05) is 12.1 Å². The Balaban J connectivity index is 1.33. The fraction of sp³-hybridized carbons (Fsp3) is 0.296. The number of phenolic OH excluding ortho intramolecular Hbond substituents is 1. The van der Waals surface area contributed by atoms with Gasteiger partial charge in [0.2, 0.25) is 5.91 Å². The van der Waals surface area contributed by atoms with Crippen molar-refractivity contribution >= 4 is 17.3 Å². The van der Waals surface area contributed by atoms with Gasteiger partial charge in [0, 0.05) is 61.5 Å². The summed E-state index contributed by atoms with van der Waals surface area (Å²) in [5.74, 6) is -1.69. The molecule has 3 aromatic carbocycles. The molecule has 2 aliphatic rings. The number of halogens is 3. The average Bonchev–Trinajstić information content (AvgIpc) is 3.21. The molecule has 5 rings (SSSR count). The zero-order valence-corrected chi connectivity index (χ0v) is 19.5. The van der Waals surface area contributed by atoms with Crippen molar-refractivity contribution in [3.8, 4) is 5.75 Å². The Labute approximate surface area is 207 Å². The van der Waals surface area contributed by atoms with Crippen LogP contribution in [0, 0.1) is 28.8 Å². The maximum atomic E-state index is 13.8. The molecule has 6 nitrogen and oxygen atoms in total. The number of carbonyl (C=O) groups is 1. The van der Waals surface area contributed by atoms with Crippen LogP contribution in [-0.2, 0) is 4.79 Å². The summed E-state index contributed by atoms with van der Waals surface area (Å²) in [6.07, 6.45) is 0. The highest BCUT2D eigenvalue weighted by molar-refractivity contribution is 5.83. The van der Waals surface area contributed by atoms with E-state index < -0.39 is 17.7 Å². The van der Waals surface area contributed by atoms with E-state index in [0.717, 1.165) is 11.8 Å². The lowest BCUT2D eigenvalue weighted by Crippen LogP contribution is -2.61. The van der Waals surface area contributed by atoms with Crippen molar-refractivity contribution in [2.24, 2.45) is 17.1 Å². The second kappa shape index (κ2) is 9.39. The van der Waals surface area contributed by atoms with Gasteiger partial charge in [0.1, 0.15) is 29.2 Å². The summed E-state index contributed by atoms with van der Waals surface area (Å²) in [6, 6.07) is 14.9. The summed E-state index contributed by atoms with van der Waals surface area (Å²) >= 11 is 0. The monoisotopic (exact) mass is 496 g/mol. The topological polar surface area (TPSA) is 81.8 Å². The van der Waals surface area contributed by atoms with Gasteiger partial charge in [0.05, 0.1) is 0 Å². The first-order chi connectivity index (χ1) is 17.2. The number of nitrogens with two attached hydrogens (primary N) is 1. The van der Waals surface area contributed by atoms with Crippen LogP contribution >= 0.6 is 0 Å². The number of amides is 1. The van der Waals surface area contributed by atoms with Crippen molar-refractivity contribution in [1.82, 2.24) is 4.90 Å². The Morgan fingerprint density at radius 3 is 2.25 bits per heavy atom. The lowest BCUT2D eigenvalue weighted by molar-refractivity contribution is -0.132. The number of phenols is 1. The van der Waals surface area contributed by atoms with Gasteiger partial charge in [-0.3, -0.25) is 4.79 Å². The maximum absolute atomic E-state index is 13.8. The van der Waals surface area contributed by atoms with E-state index in [1.807, 2.05) is 4.90 Å². The molecule has 9 heteroatoms. The molecule has 3 aromatic rings. The number of benzene rings is 3. The number of anilines is 2. The van der Waals surface area contributed by atoms with E-state index in [0.29, 0.717) is 44.0 Å². The van der Waals surface area contributed by atoms with Gasteiger partial charge >= 0.3 is 0 Å². The molecule has 0 radical (unpaired) electrons. The largest absolute Gasteiger partial charge is 0.508 e. The molecule has 36 heavy (non-hydrogen) atoms. The Hall–Kier alpha value is -3.72. The molecule has 2 heterocycles. The number of aromatic hydroxyl groups is 1. The minimum absolute atomic E-state index is 0.0353. The molecule has 1 unspecified atom stereocenters. The second-order valence-electron chi connectivity index (χ2n) is 9.72. The van der Waals surface area contributed by atoms with Crippen molar-refractivity contribution in [3.63, 3.8) is 0 Å². The number of rotatable bonds is 6. The van der Waals surface area contributed by atoms with E-state index in [4.69, 9.17) is 5.73 Å². The highest BCUT2D eigenvalue weighted by Gasteiger charge is 2.55. The van der Waals surface area contributed by atoms with Crippen LogP contribution in [0.3, 0.4) is 0 Å². The molecule has 0 bridgehead atoms. The van der Waals surface area contributed by atoms with Crippen molar-refractivity contribution in [1.29, 1.82) is 0 Å². The number of hydrogen-bond donors (Lipinski definition) is 3. The first-order valence-corrected chi connectivity index (χ1v) is 11.8. The summed E-state index contributed by atoms with van der Waals surface area (Å²) in [6.45, 7) is 2.52. The zero-order chi connectivity index (χ0) is 25.4. The van der Waals surface area contributed by atoms with Crippen LogP contribution in [0.4, 0.5) is 24.5 Å². The number of carbonyl (C=O) groups excluding carboxylic acids is 1. The van der Waals surface area contributed by atoms with Crippen LogP contribution in [0.15, 0.2) is 66.7 Å². The Morgan fingerprint density at radius 1 is 0.972 bits per heavy atom. The second-order valence-corrected chi connectivity index (χ2v) is 9.72. The predicted octanol–water partition coefficient (Wildman–Crippen LogP) is 3.89. The number of likely N-dealkylation sites (tertiary alicyclic amines) is 1.